The molecule has 2 atom stereocenters. The quantitative estimate of drug-likeness (QED) is 0.810. The van der Waals surface area contributed by atoms with Crippen LogP contribution in [0.4, 0.5) is 4.79 Å². The lowest BCUT2D eigenvalue weighted by Crippen LogP contribution is -2.47. The van der Waals surface area contributed by atoms with Crippen molar-refractivity contribution in [1.82, 2.24) is 4.90 Å². The first-order valence-corrected chi connectivity index (χ1v) is 7.85. The molecule has 5 nitrogen and oxygen atoms in total. The van der Waals surface area contributed by atoms with Gasteiger partial charge in [0, 0.05) is 0 Å². The molecule has 5 heteroatoms. The molecule has 0 radical (unpaired) electrons. The summed E-state index contributed by atoms with van der Waals surface area (Å²) in [5.74, 6) is -0.763. The molecule has 1 heterocycles. The first-order chi connectivity index (χ1) is 11.7. The number of hydrogen-bond acceptors (Lipinski definition) is 4. The Morgan fingerprint density at radius 2 is 1.75 bits per heavy atom. The standard InChI is InChI=1S/C19H19NO4/c1-14-17(16-10-6-3-7-11-16)20(13-24-18(14)21)19(22)23-12-15-8-4-2-5-9-15/h2-11,14,17H,12-13H2,1H3/t14-,17+/m0/s1. The molecule has 124 valence electrons. The fourth-order valence-corrected chi connectivity index (χ4v) is 2.83. The topological polar surface area (TPSA) is 55.8 Å². The maximum atomic E-state index is 12.5. The van der Waals surface area contributed by atoms with E-state index in [2.05, 4.69) is 0 Å². The molecule has 1 amide bonds. The predicted octanol–water partition coefficient (Wildman–Crippen LogP) is 3.52. The molecule has 0 bridgehead atoms. The van der Waals surface area contributed by atoms with E-state index in [1.807, 2.05) is 60.7 Å². The Morgan fingerprint density at radius 1 is 1.12 bits per heavy atom. The van der Waals surface area contributed by atoms with Crippen LogP contribution in [-0.2, 0) is 20.9 Å². The van der Waals surface area contributed by atoms with Crippen molar-refractivity contribution in [2.45, 2.75) is 19.6 Å². The third kappa shape index (κ3) is 3.40. The van der Waals surface area contributed by atoms with Crippen LogP contribution >= 0.6 is 0 Å². The van der Waals surface area contributed by atoms with Gasteiger partial charge in [0.05, 0.1) is 12.0 Å². The summed E-state index contributed by atoms with van der Waals surface area (Å²) in [5.41, 5.74) is 1.79. The molecule has 1 fully saturated rings. The molecule has 1 aliphatic heterocycles. The zero-order valence-electron chi connectivity index (χ0n) is 13.4. The van der Waals surface area contributed by atoms with Crippen LogP contribution in [0.15, 0.2) is 60.7 Å². The van der Waals surface area contributed by atoms with E-state index in [1.54, 1.807) is 6.92 Å². The fourth-order valence-electron chi connectivity index (χ4n) is 2.83. The third-order valence-corrected chi connectivity index (χ3v) is 4.11. The minimum atomic E-state index is -0.493. The van der Waals surface area contributed by atoms with Gasteiger partial charge in [0.2, 0.25) is 0 Å². The summed E-state index contributed by atoms with van der Waals surface area (Å²) in [6.07, 6.45) is -0.493. The molecular formula is C19H19NO4. The van der Waals surface area contributed by atoms with Crippen molar-refractivity contribution in [2.24, 2.45) is 5.92 Å². The second-order valence-electron chi connectivity index (χ2n) is 5.75. The Bertz CT molecular complexity index is 702. The minimum Gasteiger partial charge on any atom is -0.444 e. The van der Waals surface area contributed by atoms with Crippen LogP contribution in [0.3, 0.4) is 0 Å². The summed E-state index contributed by atoms with van der Waals surface area (Å²) in [6.45, 7) is 1.84. The molecule has 0 spiro atoms. The van der Waals surface area contributed by atoms with E-state index >= 15 is 0 Å². The second-order valence-corrected chi connectivity index (χ2v) is 5.75. The number of hydrogen-bond donors (Lipinski definition) is 0. The van der Waals surface area contributed by atoms with Crippen LogP contribution in [0.25, 0.3) is 0 Å². The highest BCUT2D eigenvalue weighted by Crippen LogP contribution is 2.33. The Labute approximate surface area is 140 Å². The Balaban J connectivity index is 1.76. The summed E-state index contributed by atoms with van der Waals surface area (Å²) >= 11 is 0. The van der Waals surface area contributed by atoms with Gasteiger partial charge in [0.25, 0.3) is 0 Å². The van der Waals surface area contributed by atoms with Gasteiger partial charge >= 0.3 is 12.1 Å². The first kappa shape index (κ1) is 16.1. The molecule has 1 aliphatic rings. The second kappa shape index (κ2) is 7.17. The lowest BCUT2D eigenvalue weighted by molar-refractivity contribution is -0.165. The van der Waals surface area contributed by atoms with Crippen molar-refractivity contribution in [3.63, 3.8) is 0 Å². The van der Waals surface area contributed by atoms with E-state index in [4.69, 9.17) is 9.47 Å². The van der Waals surface area contributed by atoms with E-state index in [9.17, 15) is 9.59 Å². The molecular weight excluding hydrogens is 306 g/mol. The number of esters is 1. The van der Waals surface area contributed by atoms with Gasteiger partial charge in [-0.1, -0.05) is 60.7 Å². The molecule has 0 aliphatic carbocycles. The van der Waals surface area contributed by atoms with Crippen molar-refractivity contribution in [1.29, 1.82) is 0 Å². The van der Waals surface area contributed by atoms with Crippen LogP contribution in [0.5, 0.6) is 0 Å². The van der Waals surface area contributed by atoms with Gasteiger partial charge in [-0.2, -0.15) is 0 Å². The molecule has 0 unspecified atom stereocenters. The number of benzene rings is 2. The van der Waals surface area contributed by atoms with Crippen molar-refractivity contribution in [3.05, 3.63) is 71.8 Å². The highest BCUT2D eigenvalue weighted by atomic mass is 16.6. The van der Waals surface area contributed by atoms with Crippen LogP contribution < -0.4 is 0 Å². The van der Waals surface area contributed by atoms with Gasteiger partial charge < -0.3 is 9.47 Å². The van der Waals surface area contributed by atoms with Crippen LogP contribution in [0.2, 0.25) is 0 Å². The molecule has 2 aromatic rings. The smallest absolute Gasteiger partial charge is 0.413 e. The van der Waals surface area contributed by atoms with Crippen molar-refractivity contribution < 1.29 is 19.1 Å². The van der Waals surface area contributed by atoms with E-state index < -0.39 is 18.1 Å². The van der Waals surface area contributed by atoms with Gasteiger partial charge in [-0.25, -0.2) is 4.79 Å². The van der Waals surface area contributed by atoms with Gasteiger partial charge in [-0.15, -0.1) is 0 Å². The van der Waals surface area contributed by atoms with Crippen LogP contribution in [0.1, 0.15) is 24.1 Å². The zero-order chi connectivity index (χ0) is 16.9. The number of amides is 1. The molecule has 3 rings (SSSR count). The molecule has 24 heavy (non-hydrogen) atoms. The molecule has 0 N–H and O–H groups in total. The predicted molar refractivity (Wildman–Crippen MR) is 87.8 cm³/mol. The Hall–Kier alpha value is -2.82. The SMILES string of the molecule is C[C@@H]1C(=O)OCN(C(=O)OCc2ccccc2)[C@H]1c1ccccc1. The first-order valence-electron chi connectivity index (χ1n) is 7.85. The third-order valence-electron chi connectivity index (χ3n) is 4.11. The number of nitrogens with zero attached hydrogens (tertiary/aromatic N) is 1. The normalized spacial score (nSPS) is 20.4. The maximum Gasteiger partial charge on any atom is 0.413 e. The van der Waals surface area contributed by atoms with Gasteiger partial charge in [-0.3, -0.25) is 9.69 Å². The monoisotopic (exact) mass is 325 g/mol. The number of rotatable bonds is 3. The van der Waals surface area contributed by atoms with Gasteiger partial charge in [0.1, 0.15) is 6.61 Å². The fraction of sp³-hybridized carbons (Fsp3) is 0.263. The van der Waals surface area contributed by atoms with E-state index in [1.165, 1.54) is 4.90 Å². The lowest BCUT2D eigenvalue weighted by atomic mass is 9.92. The Morgan fingerprint density at radius 3 is 2.42 bits per heavy atom. The summed E-state index contributed by atoms with van der Waals surface area (Å²) in [6, 6.07) is 18.5. The molecule has 2 aromatic carbocycles. The summed E-state index contributed by atoms with van der Waals surface area (Å²) in [7, 11) is 0. The van der Waals surface area contributed by atoms with Crippen molar-refractivity contribution in [3.8, 4) is 0 Å². The summed E-state index contributed by atoms with van der Waals surface area (Å²) in [5, 5.41) is 0. The summed E-state index contributed by atoms with van der Waals surface area (Å²) in [4.78, 5) is 25.9. The van der Waals surface area contributed by atoms with E-state index in [0.29, 0.717) is 0 Å². The van der Waals surface area contributed by atoms with Gasteiger partial charge in [-0.05, 0) is 18.1 Å². The average Bonchev–Trinajstić information content (AvgIpc) is 2.63. The number of cyclic esters (lactones) is 1. The lowest BCUT2D eigenvalue weighted by Gasteiger charge is -2.37. The average molecular weight is 325 g/mol. The van der Waals surface area contributed by atoms with Crippen molar-refractivity contribution >= 4 is 12.1 Å². The molecule has 1 saturated heterocycles. The maximum absolute atomic E-state index is 12.5. The van der Waals surface area contributed by atoms with Gasteiger partial charge in [0.15, 0.2) is 6.73 Å². The molecule has 0 saturated carbocycles. The highest BCUT2D eigenvalue weighted by molar-refractivity contribution is 5.77. The van der Waals surface area contributed by atoms with Crippen LogP contribution in [-0.4, -0.2) is 23.7 Å². The largest absolute Gasteiger partial charge is 0.444 e. The van der Waals surface area contributed by atoms with Crippen molar-refractivity contribution in [2.75, 3.05) is 6.73 Å². The number of carbonyl (C=O) groups excluding carboxylic acids is 2. The zero-order valence-corrected chi connectivity index (χ0v) is 13.4. The van der Waals surface area contributed by atoms with Crippen LogP contribution in [0, 0.1) is 5.92 Å². The van der Waals surface area contributed by atoms with E-state index in [-0.39, 0.29) is 19.3 Å². The minimum absolute atomic E-state index is 0.101. The number of carbonyl (C=O) groups is 2. The number of ether oxygens (including phenoxy) is 2. The molecule has 0 aromatic heterocycles. The highest BCUT2D eigenvalue weighted by Gasteiger charge is 2.40. The Kier molecular flexibility index (Phi) is 4.79. The summed E-state index contributed by atoms with van der Waals surface area (Å²) < 4.78 is 10.5. The van der Waals surface area contributed by atoms with E-state index in [0.717, 1.165) is 11.1 Å².